The van der Waals surface area contributed by atoms with Gasteiger partial charge in [0.25, 0.3) is 5.91 Å². The summed E-state index contributed by atoms with van der Waals surface area (Å²) in [6, 6.07) is 7.03. The molecule has 1 atom stereocenters. The Morgan fingerprint density at radius 3 is 2.52 bits per heavy atom. The summed E-state index contributed by atoms with van der Waals surface area (Å²) in [6.45, 7) is 5.66. The smallest absolute Gasteiger partial charge is 0.251 e. The Labute approximate surface area is 164 Å². The topological polar surface area (TPSA) is 69.7 Å². The van der Waals surface area contributed by atoms with Gasteiger partial charge in [-0.25, -0.2) is 0 Å². The van der Waals surface area contributed by atoms with Gasteiger partial charge in [0.15, 0.2) is 0 Å². The van der Waals surface area contributed by atoms with E-state index in [0.717, 1.165) is 0 Å². The number of piperidine rings is 1. The van der Waals surface area contributed by atoms with Crippen molar-refractivity contribution >= 4 is 29.3 Å². The lowest BCUT2D eigenvalue weighted by molar-refractivity contribution is -0.136. The molecule has 1 aromatic carbocycles. The molecule has 0 aliphatic carbocycles. The van der Waals surface area contributed by atoms with Crippen molar-refractivity contribution in [3.63, 3.8) is 0 Å². The summed E-state index contributed by atoms with van der Waals surface area (Å²) in [5.41, 5.74) is 0.541. The maximum atomic E-state index is 12.7. The van der Waals surface area contributed by atoms with Gasteiger partial charge in [0.2, 0.25) is 11.8 Å². The van der Waals surface area contributed by atoms with E-state index in [0.29, 0.717) is 49.5 Å². The number of carbonyl (C=O) groups is 3. The summed E-state index contributed by atoms with van der Waals surface area (Å²) in [4.78, 5) is 40.7. The van der Waals surface area contributed by atoms with Crippen molar-refractivity contribution in [1.29, 1.82) is 0 Å². The van der Waals surface area contributed by atoms with Gasteiger partial charge in [-0.1, -0.05) is 17.7 Å². The molecule has 2 fully saturated rings. The average molecular weight is 392 g/mol. The lowest BCUT2D eigenvalue weighted by atomic mass is 10.0. The third-order valence-corrected chi connectivity index (χ3v) is 5.59. The van der Waals surface area contributed by atoms with Crippen molar-refractivity contribution in [2.24, 2.45) is 5.92 Å². The van der Waals surface area contributed by atoms with Gasteiger partial charge in [0.1, 0.15) is 0 Å². The van der Waals surface area contributed by atoms with Crippen molar-refractivity contribution in [2.45, 2.75) is 45.2 Å². The van der Waals surface area contributed by atoms with E-state index in [-0.39, 0.29) is 35.7 Å². The molecule has 0 radical (unpaired) electrons. The van der Waals surface area contributed by atoms with Crippen molar-refractivity contribution in [1.82, 2.24) is 15.1 Å². The Hall–Kier alpha value is -2.08. The van der Waals surface area contributed by atoms with Gasteiger partial charge in [-0.2, -0.15) is 0 Å². The number of halogens is 1. The largest absolute Gasteiger partial charge is 0.349 e. The number of hydrogen-bond acceptors (Lipinski definition) is 3. The molecule has 0 aromatic heterocycles. The van der Waals surface area contributed by atoms with Gasteiger partial charge in [-0.3, -0.25) is 14.4 Å². The molecule has 2 aliphatic rings. The first-order valence-electron chi connectivity index (χ1n) is 9.50. The van der Waals surface area contributed by atoms with Crippen LogP contribution in [0.2, 0.25) is 5.02 Å². The summed E-state index contributed by atoms with van der Waals surface area (Å²) in [7, 11) is 0. The van der Waals surface area contributed by atoms with Crippen LogP contribution in [0.4, 0.5) is 0 Å². The van der Waals surface area contributed by atoms with E-state index in [1.165, 1.54) is 0 Å². The number of rotatable bonds is 4. The fourth-order valence-electron chi connectivity index (χ4n) is 3.80. The number of nitrogens with one attached hydrogen (secondary N) is 1. The SMILES string of the molecule is CC(C)N1CC(C(=O)N2CCC(NC(=O)c3cccc(Cl)c3)CC2)CC1=O. The van der Waals surface area contributed by atoms with Crippen molar-refractivity contribution in [2.75, 3.05) is 19.6 Å². The van der Waals surface area contributed by atoms with Crippen molar-refractivity contribution < 1.29 is 14.4 Å². The highest BCUT2D eigenvalue weighted by Gasteiger charge is 2.38. The molecule has 1 unspecified atom stereocenters. The van der Waals surface area contributed by atoms with Crippen LogP contribution in [0.5, 0.6) is 0 Å². The summed E-state index contributed by atoms with van der Waals surface area (Å²) in [5, 5.41) is 3.55. The zero-order chi connectivity index (χ0) is 19.6. The van der Waals surface area contributed by atoms with Crippen LogP contribution < -0.4 is 5.32 Å². The van der Waals surface area contributed by atoms with Gasteiger partial charge in [-0.05, 0) is 44.9 Å². The van der Waals surface area contributed by atoms with E-state index < -0.39 is 0 Å². The fourth-order valence-corrected chi connectivity index (χ4v) is 3.99. The Bertz CT molecular complexity index is 729. The maximum Gasteiger partial charge on any atom is 0.251 e. The van der Waals surface area contributed by atoms with Crippen LogP contribution in [-0.2, 0) is 9.59 Å². The zero-order valence-electron chi connectivity index (χ0n) is 15.8. The van der Waals surface area contributed by atoms with Gasteiger partial charge in [0, 0.05) is 48.7 Å². The Kier molecular flexibility index (Phi) is 6.05. The maximum absolute atomic E-state index is 12.7. The zero-order valence-corrected chi connectivity index (χ0v) is 16.5. The molecule has 3 amide bonds. The van der Waals surface area contributed by atoms with Crippen LogP contribution in [0.3, 0.4) is 0 Å². The molecule has 1 N–H and O–H groups in total. The quantitative estimate of drug-likeness (QED) is 0.856. The molecular weight excluding hydrogens is 366 g/mol. The first kappa shape index (κ1) is 19.7. The highest BCUT2D eigenvalue weighted by molar-refractivity contribution is 6.30. The van der Waals surface area contributed by atoms with Crippen LogP contribution in [0.1, 0.15) is 43.5 Å². The lowest BCUT2D eigenvalue weighted by Gasteiger charge is -2.34. The standard InChI is InChI=1S/C20H26ClN3O3/c1-13(2)24-12-15(11-18(24)25)20(27)23-8-6-17(7-9-23)22-19(26)14-4-3-5-16(21)10-14/h3-5,10,13,15,17H,6-9,11-12H2,1-2H3,(H,22,26). The monoisotopic (exact) mass is 391 g/mol. The molecule has 0 saturated carbocycles. The number of nitrogens with zero attached hydrogens (tertiary/aromatic N) is 2. The summed E-state index contributed by atoms with van der Waals surface area (Å²) < 4.78 is 0. The molecule has 2 aliphatic heterocycles. The van der Waals surface area contributed by atoms with Crippen molar-refractivity contribution in [3.8, 4) is 0 Å². The number of amides is 3. The predicted molar refractivity (Wildman–Crippen MR) is 103 cm³/mol. The number of carbonyl (C=O) groups excluding carboxylic acids is 3. The molecule has 1 aromatic rings. The minimum absolute atomic E-state index is 0.0397. The second-order valence-electron chi connectivity index (χ2n) is 7.62. The second-order valence-corrected chi connectivity index (χ2v) is 8.06. The Morgan fingerprint density at radius 1 is 1.22 bits per heavy atom. The number of benzene rings is 1. The van der Waals surface area contributed by atoms with E-state index in [2.05, 4.69) is 5.32 Å². The van der Waals surface area contributed by atoms with E-state index in [1.54, 1.807) is 29.2 Å². The van der Waals surface area contributed by atoms with Crippen LogP contribution in [-0.4, -0.2) is 59.2 Å². The Morgan fingerprint density at radius 2 is 1.93 bits per heavy atom. The molecule has 2 saturated heterocycles. The summed E-state index contributed by atoms with van der Waals surface area (Å²) in [6.07, 6.45) is 1.74. The molecule has 0 spiro atoms. The third-order valence-electron chi connectivity index (χ3n) is 5.36. The molecular formula is C20H26ClN3O3. The first-order valence-corrected chi connectivity index (χ1v) is 9.87. The highest BCUT2D eigenvalue weighted by atomic mass is 35.5. The molecule has 0 bridgehead atoms. The van der Waals surface area contributed by atoms with Crippen LogP contribution >= 0.6 is 11.6 Å². The third kappa shape index (κ3) is 4.61. The molecule has 3 rings (SSSR count). The average Bonchev–Trinajstić information content (AvgIpc) is 3.04. The molecule has 27 heavy (non-hydrogen) atoms. The fraction of sp³-hybridized carbons (Fsp3) is 0.550. The van der Waals surface area contributed by atoms with E-state index >= 15 is 0 Å². The highest BCUT2D eigenvalue weighted by Crippen LogP contribution is 2.24. The molecule has 146 valence electrons. The Balaban J connectivity index is 1.49. The van der Waals surface area contributed by atoms with Crippen molar-refractivity contribution in [3.05, 3.63) is 34.9 Å². The summed E-state index contributed by atoms with van der Waals surface area (Å²) >= 11 is 5.94. The lowest BCUT2D eigenvalue weighted by Crippen LogP contribution is -2.48. The normalized spacial score (nSPS) is 21.0. The van der Waals surface area contributed by atoms with Gasteiger partial charge < -0.3 is 15.1 Å². The van der Waals surface area contributed by atoms with Crippen LogP contribution in [0.25, 0.3) is 0 Å². The minimum atomic E-state index is -0.238. The molecule has 2 heterocycles. The van der Waals surface area contributed by atoms with Crippen LogP contribution in [0, 0.1) is 5.92 Å². The van der Waals surface area contributed by atoms with E-state index in [1.807, 2.05) is 18.7 Å². The second kappa shape index (κ2) is 8.30. The first-order chi connectivity index (χ1) is 12.8. The van der Waals surface area contributed by atoms with Gasteiger partial charge in [0.05, 0.1) is 5.92 Å². The molecule has 6 nitrogen and oxygen atoms in total. The van der Waals surface area contributed by atoms with Gasteiger partial charge >= 0.3 is 0 Å². The van der Waals surface area contributed by atoms with Gasteiger partial charge in [-0.15, -0.1) is 0 Å². The number of hydrogen-bond donors (Lipinski definition) is 1. The minimum Gasteiger partial charge on any atom is -0.349 e. The number of likely N-dealkylation sites (tertiary alicyclic amines) is 2. The van der Waals surface area contributed by atoms with Crippen LogP contribution in [0.15, 0.2) is 24.3 Å². The van der Waals surface area contributed by atoms with E-state index in [4.69, 9.17) is 11.6 Å². The van der Waals surface area contributed by atoms with E-state index in [9.17, 15) is 14.4 Å². The summed E-state index contributed by atoms with van der Waals surface area (Å²) in [5.74, 6) is -0.258. The molecule has 7 heteroatoms. The predicted octanol–water partition coefficient (Wildman–Crippen LogP) is 2.32.